The van der Waals surface area contributed by atoms with Gasteiger partial charge in [0.1, 0.15) is 17.4 Å². The lowest BCUT2D eigenvalue weighted by Gasteiger charge is -2.28. The van der Waals surface area contributed by atoms with Crippen LogP contribution in [0.15, 0.2) is 58.7 Å². The molecule has 0 aliphatic carbocycles. The van der Waals surface area contributed by atoms with Crippen molar-refractivity contribution in [3.63, 3.8) is 0 Å². The summed E-state index contributed by atoms with van der Waals surface area (Å²) in [4.78, 5) is 13.8. The van der Waals surface area contributed by atoms with Crippen LogP contribution in [0.3, 0.4) is 0 Å². The highest BCUT2D eigenvalue weighted by atomic mass is 35.5. The summed E-state index contributed by atoms with van der Waals surface area (Å²) in [6.07, 6.45) is 0.562. The highest BCUT2D eigenvalue weighted by Gasteiger charge is 2.35. The zero-order chi connectivity index (χ0) is 25.3. The van der Waals surface area contributed by atoms with Crippen molar-refractivity contribution in [2.24, 2.45) is 5.73 Å². The molecule has 0 spiro atoms. The van der Waals surface area contributed by atoms with Gasteiger partial charge in [-0.1, -0.05) is 41.4 Å². The zero-order valence-electron chi connectivity index (χ0n) is 19.4. The Bertz CT molecular complexity index is 1440. The number of allylic oxidation sites excluding steroid dienone is 1. The second kappa shape index (κ2) is 9.95. The predicted molar refractivity (Wildman–Crippen MR) is 134 cm³/mol. The van der Waals surface area contributed by atoms with Crippen LogP contribution < -0.4 is 25.5 Å². The SMILES string of the molecule is COc1ccc(CCn2c(C)cc3c(c2=O)[C@@H](c2cccc(Cl)c2Cl)C(C#N)=C(N)O3)cc1OC. The van der Waals surface area contributed by atoms with E-state index in [4.69, 9.17) is 43.1 Å². The third-order valence-corrected chi connectivity index (χ3v) is 6.89. The quantitative estimate of drug-likeness (QED) is 0.502. The average molecular weight is 512 g/mol. The van der Waals surface area contributed by atoms with Gasteiger partial charge in [-0.15, -0.1) is 0 Å². The summed E-state index contributed by atoms with van der Waals surface area (Å²) in [5, 5.41) is 10.4. The Balaban J connectivity index is 1.80. The first-order chi connectivity index (χ1) is 16.8. The first kappa shape index (κ1) is 24.5. The molecule has 3 aromatic rings. The number of nitrogens with two attached hydrogens (primary N) is 1. The molecule has 0 saturated heterocycles. The molecule has 0 saturated carbocycles. The molecule has 1 aliphatic heterocycles. The average Bonchev–Trinajstić information content (AvgIpc) is 2.84. The molecule has 0 fully saturated rings. The fraction of sp³-hybridized carbons (Fsp3) is 0.231. The first-order valence-corrected chi connectivity index (χ1v) is 11.5. The van der Waals surface area contributed by atoms with Gasteiger partial charge < -0.3 is 24.5 Å². The van der Waals surface area contributed by atoms with E-state index in [1.807, 2.05) is 25.1 Å². The number of rotatable bonds is 6. The number of hydrogen-bond acceptors (Lipinski definition) is 6. The summed E-state index contributed by atoms with van der Waals surface area (Å²) in [6.45, 7) is 2.21. The number of nitrogens with zero attached hydrogens (tertiary/aromatic N) is 2. The summed E-state index contributed by atoms with van der Waals surface area (Å²) in [7, 11) is 3.15. The van der Waals surface area contributed by atoms with Gasteiger partial charge in [0, 0.05) is 18.3 Å². The van der Waals surface area contributed by atoms with Gasteiger partial charge in [-0.25, -0.2) is 0 Å². The highest BCUT2D eigenvalue weighted by molar-refractivity contribution is 6.42. The first-order valence-electron chi connectivity index (χ1n) is 10.8. The maximum absolute atomic E-state index is 13.8. The summed E-state index contributed by atoms with van der Waals surface area (Å²) in [5.41, 5.74) is 8.35. The van der Waals surface area contributed by atoms with E-state index in [0.29, 0.717) is 46.5 Å². The van der Waals surface area contributed by atoms with Gasteiger partial charge in [0.25, 0.3) is 5.56 Å². The van der Waals surface area contributed by atoms with Crippen molar-refractivity contribution < 1.29 is 14.2 Å². The van der Waals surface area contributed by atoms with Gasteiger partial charge in [-0.2, -0.15) is 5.26 Å². The van der Waals surface area contributed by atoms with Crippen LogP contribution in [-0.2, 0) is 13.0 Å². The zero-order valence-corrected chi connectivity index (χ0v) is 20.9. The lowest BCUT2D eigenvalue weighted by atomic mass is 9.84. The Morgan fingerprint density at radius 2 is 1.89 bits per heavy atom. The van der Waals surface area contributed by atoms with Crippen molar-refractivity contribution in [3.8, 4) is 23.3 Å². The molecule has 1 aromatic heterocycles. The number of hydrogen-bond donors (Lipinski definition) is 1. The number of aromatic nitrogens is 1. The predicted octanol–water partition coefficient (Wildman–Crippen LogP) is 4.94. The molecule has 2 aromatic carbocycles. The molecular weight excluding hydrogens is 489 g/mol. The van der Waals surface area contributed by atoms with Crippen molar-refractivity contribution in [1.82, 2.24) is 4.57 Å². The van der Waals surface area contributed by atoms with Crippen LogP contribution in [0.2, 0.25) is 10.0 Å². The van der Waals surface area contributed by atoms with Crippen molar-refractivity contribution in [3.05, 3.63) is 96.7 Å². The number of benzene rings is 2. The monoisotopic (exact) mass is 511 g/mol. The Kier molecular flexibility index (Phi) is 6.97. The van der Waals surface area contributed by atoms with Crippen molar-refractivity contribution >= 4 is 23.2 Å². The smallest absolute Gasteiger partial charge is 0.258 e. The van der Waals surface area contributed by atoms with Gasteiger partial charge in [-0.05, 0) is 42.7 Å². The minimum absolute atomic E-state index is 0.0667. The Hall–Kier alpha value is -3.60. The van der Waals surface area contributed by atoms with E-state index in [1.54, 1.807) is 43.1 Å². The van der Waals surface area contributed by atoms with Crippen LogP contribution in [0.25, 0.3) is 0 Å². The summed E-state index contributed by atoms with van der Waals surface area (Å²) in [5.74, 6) is 0.665. The summed E-state index contributed by atoms with van der Waals surface area (Å²) in [6, 6.07) is 14.6. The number of ether oxygens (including phenoxy) is 3. The summed E-state index contributed by atoms with van der Waals surface area (Å²) >= 11 is 12.8. The van der Waals surface area contributed by atoms with Gasteiger partial charge >= 0.3 is 0 Å². The van der Waals surface area contributed by atoms with Gasteiger partial charge in [0.15, 0.2) is 11.5 Å². The lowest BCUT2D eigenvalue weighted by molar-refractivity contribution is 0.354. The molecule has 0 amide bonds. The fourth-order valence-electron chi connectivity index (χ4n) is 4.30. The van der Waals surface area contributed by atoms with Crippen LogP contribution >= 0.6 is 23.2 Å². The third-order valence-electron chi connectivity index (χ3n) is 6.05. The molecule has 7 nitrogen and oxygen atoms in total. The maximum atomic E-state index is 13.8. The van der Waals surface area contributed by atoms with E-state index in [-0.39, 0.29) is 27.6 Å². The molecule has 9 heteroatoms. The minimum Gasteiger partial charge on any atom is -0.493 e. The molecule has 1 aliphatic rings. The van der Waals surface area contributed by atoms with Crippen molar-refractivity contribution in [1.29, 1.82) is 5.26 Å². The molecule has 180 valence electrons. The highest BCUT2D eigenvalue weighted by Crippen LogP contribution is 2.44. The van der Waals surface area contributed by atoms with E-state index >= 15 is 0 Å². The van der Waals surface area contributed by atoms with Crippen LogP contribution in [-0.4, -0.2) is 18.8 Å². The molecule has 2 N–H and O–H groups in total. The minimum atomic E-state index is -0.810. The molecule has 2 heterocycles. The Morgan fingerprint density at radius 3 is 2.57 bits per heavy atom. The van der Waals surface area contributed by atoms with Crippen molar-refractivity contribution in [2.75, 3.05) is 14.2 Å². The van der Waals surface area contributed by atoms with E-state index in [0.717, 1.165) is 5.56 Å². The van der Waals surface area contributed by atoms with Crippen LogP contribution in [0.5, 0.6) is 17.2 Å². The number of nitriles is 1. The number of aryl methyl sites for hydroxylation is 2. The fourth-order valence-corrected chi connectivity index (χ4v) is 4.71. The van der Waals surface area contributed by atoms with E-state index in [1.165, 1.54) is 0 Å². The van der Waals surface area contributed by atoms with E-state index < -0.39 is 5.92 Å². The van der Waals surface area contributed by atoms with E-state index in [2.05, 4.69) is 6.07 Å². The maximum Gasteiger partial charge on any atom is 0.258 e. The van der Waals surface area contributed by atoms with Crippen molar-refractivity contribution in [2.45, 2.75) is 25.8 Å². The van der Waals surface area contributed by atoms with Gasteiger partial charge in [-0.3, -0.25) is 4.79 Å². The Morgan fingerprint density at radius 1 is 1.14 bits per heavy atom. The standard InChI is InChI=1S/C26H23Cl2N3O4/c1-14-11-21-23(22(17(13-29)25(30)35-21)16-5-4-6-18(27)24(16)28)26(32)31(14)10-9-15-7-8-19(33-2)20(12-15)34-3/h4-8,11-12,22H,9-10,30H2,1-3H3/t22-/m0/s1. The van der Waals surface area contributed by atoms with Crippen LogP contribution in [0.1, 0.15) is 28.3 Å². The summed E-state index contributed by atoms with van der Waals surface area (Å²) < 4.78 is 18.0. The third kappa shape index (κ3) is 4.43. The molecule has 0 bridgehead atoms. The second-order valence-corrected chi connectivity index (χ2v) is 8.81. The molecule has 1 atom stereocenters. The van der Waals surface area contributed by atoms with E-state index in [9.17, 15) is 10.1 Å². The van der Waals surface area contributed by atoms with Gasteiger partial charge in [0.2, 0.25) is 5.88 Å². The number of methoxy groups -OCH3 is 2. The molecule has 0 radical (unpaired) electrons. The molecule has 0 unspecified atom stereocenters. The van der Waals surface area contributed by atoms with Crippen LogP contribution in [0, 0.1) is 18.3 Å². The number of halogens is 2. The molecule has 4 rings (SSSR count). The van der Waals surface area contributed by atoms with Gasteiger partial charge in [0.05, 0.1) is 35.7 Å². The number of pyridine rings is 1. The largest absolute Gasteiger partial charge is 0.493 e. The second-order valence-electron chi connectivity index (χ2n) is 8.03. The number of fused-ring (bicyclic) bond motifs is 1. The van der Waals surface area contributed by atoms with Crippen LogP contribution in [0.4, 0.5) is 0 Å². The Labute approximate surface area is 212 Å². The normalized spacial score (nSPS) is 14.7. The molecular formula is C26H23Cl2N3O4. The topological polar surface area (TPSA) is 99.5 Å². The molecule has 35 heavy (non-hydrogen) atoms. The lowest BCUT2D eigenvalue weighted by Crippen LogP contribution is -2.33.